The molecule has 1 fully saturated rings. The van der Waals surface area contributed by atoms with Gasteiger partial charge in [0.05, 0.1) is 16.7 Å². The lowest BCUT2D eigenvalue weighted by molar-refractivity contribution is -0.0548. The number of cyclic esters (lactones) is 3. The molecule has 0 saturated heterocycles. The summed E-state index contributed by atoms with van der Waals surface area (Å²) >= 11 is 9.94. The van der Waals surface area contributed by atoms with E-state index in [1.807, 2.05) is 42.5 Å². The van der Waals surface area contributed by atoms with Crippen molar-refractivity contribution < 1.29 is 33.7 Å². The fourth-order valence-electron chi connectivity index (χ4n) is 5.13. The molecule has 0 spiro atoms. The van der Waals surface area contributed by atoms with Crippen molar-refractivity contribution >= 4 is 65.7 Å². The molecule has 3 unspecified atom stereocenters. The lowest BCUT2D eigenvalue weighted by atomic mass is 10.0. The van der Waals surface area contributed by atoms with Gasteiger partial charge in [0.2, 0.25) is 6.29 Å². The molecule has 3 heterocycles. The number of carbonyl (C=O) groups excluding carboxylic acids is 3. The summed E-state index contributed by atoms with van der Waals surface area (Å²) in [4.78, 5) is 34.2. The Kier molecular flexibility index (Phi) is 10.2. The van der Waals surface area contributed by atoms with Crippen molar-refractivity contribution in [1.29, 1.82) is 0 Å². The monoisotopic (exact) mass is 774 g/mol. The first-order chi connectivity index (χ1) is 20.6. The molecule has 3 atom stereocenters. The third-order valence-corrected chi connectivity index (χ3v) is 9.03. The second-order valence-electron chi connectivity index (χ2n) is 10.6. The SMILES string of the molecule is C=CCCC1OC(=O)c2cc(Br)ccc21.O=C1OC(CCC2CC2)c2ccc(Br)cc21.O=C1OC(O)c2ccc(Br)cc21. The highest BCUT2D eigenvalue weighted by molar-refractivity contribution is 9.11. The third kappa shape index (κ3) is 7.66. The fourth-order valence-corrected chi connectivity index (χ4v) is 6.21. The molecule has 0 amide bonds. The number of hydrogen-bond donors (Lipinski definition) is 1. The van der Waals surface area contributed by atoms with Gasteiger partial charge in [-0.3, -0.25) is 0 Å². The van der Waals surface area contributed by atoms with E-state index in [1.165, 1.54) is 19.3 Å². The number of rotatable bonds is 6. The molecule has 3 aromatic carbocycles. The predicted octanol–water partition coefficient (Wildman–Crippen LogP) is 9.09. The van der Waals surface area contributed by atoms with Crippen LogP contribution in [0.4, 0.5) is 0 Å². The van der Waals surface area contributed by atoms with E-state index in [0.29, 0.717) is 16.7 Å². The number of halogens is 3. The average molecular weight is 777 g/mol. The molecule has 7 nitrogen and oxygen atoms in total. The van der Waals surface area contributed by atoms with Crippen molar-refractivity contribution in [2.45, 2.75) is 57.0 Å². The highest BCUT2D eigenvalue weighted by Crippen LogP contribution is 2.41. The zero-order valence-corrected chi connectivity index (χ0v) is 27.8. The number of esters is 3. The molecule has 7 rings (SSSR count). The van der Waals surface area contributed by atoms with E-state index in [-0.39, 0.29) is 24.1 Å². The summed E-state index contributed by atoms with van der Waals surface area (Å²) in [6, 6.07) is 16.6. The summed E-state index contributed by atoms with van der Waals surface area (Å²) in [5.41, 5.74) is 4.42. The summed E-state index contributed by atoms with van der Waals surface area (Å²) in [7, 11) is 0. The van der Waals surface area contributed by atoms with Gasteiger partial charge in [-0.2, -0.15) is 0 Å². The maximum absolute atomic E-state index is 11.6. The maximum Gasteiger partial charge on any atom is 0.341 e. The minimum atomic E-state index is -1.10. The van der Waals surface area contributed by atoms with E-state index in [1.54, 1.807) is 18.2 Å². The number of ether oxygens (including phenoxy) is 3. The van der Waals surface area contributed by atoms with Gasteiger partial charge < -0.3 is 19.3 Å². The Morgan fingerprint density at radius 2 is 1.12 bits per heavy atom. The molecule has 10 heteroatoms. The fraction of sp³-hybridized carbons (Fsp3) is 0.303. The lowest BCUT2D eigenvalue weighted by Crippen LogP contribution is -1.99. The highest BCUT2D eigenvalue weighted by Gasteiger charge is 2.33. The van der Waals surface area contributed by atoms with Gasteiger partial charge in [0.1, 0.15) is 12.2 Å². The molecule has 43 heavy (non-hydrogen) atoms. The zero-order valence-electron chi connectivity index (χ0n) is 23.1. The van der Waals surface area contributed by atoms with Gasteiger partial charge in [0.15, 0.2) is 0 Å². The molecule has 1 aliphatic carbocycles. The highest BCUT2D eigenvalue weighted by atomic mass is 79.9. The second kappa shape index (κ2) is 13.9. The van der Waals surface area contributed by atoms with Crippen molar-refractivity contribution in [2.75, 3.05) is 0 Å². The first kappa shape index (κ1) is 31.6. The smallest absolute Gasteiger partial charge is 0.341 e. The molecule has 4 aliphatic rings. The largest absolute Gasteiger partial charge is 0.454 e. The van der Waals surface area contributed by atoms with Gasteiger partial charge in [-0.25, -0.2) is 14.4 Å². The van der Waals surface area contributed by atoms with Crippen LogP contribution < -0.4 is 0 Å². The number of hydrogen-bond acceptors (Lipinski definition) is 7. The van der Waals surface area contributed by atoms with Crippen molar-refractivity contribution in [2.24, 2.45) is 5.92 Å². The minimum Gasteiger partial charge on any atom is -0.454 e. The second-order valence-corrected chi connectivity index (χ2v) is 13.4. The maximum atomic E-state index is 11.6. The number of fused-ring (bicyclic) bond motifs is 3. The number of carbonyl (C=O) groups is 3. The topological polar surface area (TPSA) is 99.1 Å². The Morgan fingerprint density at radius 3 is 1.60 bits per heavy atom. The molecule has 1 N–H and O–H groups in total. The summed E-state index contributed by atoms with van der Waals surface area (Å²) in [5.74, 6) is 0.0226. The summed E-state index contributed by atoms with van der Waals surface area (Å²) < 4.78 is 17.9. The quantitative estimate of drug-likeness (QED) is 0.152. The van der Waals surface area contributed by atoms with Crippen LogP contribution in [0.25, 0.3) is 0 Å². The van der Waals surface area contributed by atoms with Gasteiger partial charge >= 0.3 is 17.9 Å². The van der Waals surface area contributed by atoms with Gasteiger partial charge in [-0.1, -0.05) is 84.9 Å². The zero-order chi connectivity index (χ0) is 30.7. The van der Waals surface area contributed by atoms with Crippen LogP contribution in [-0.4, -0.2) is 23.0 Å². The summed E-state index contributed by atoms with van der Waals surface area (Å²) in [6.45, 7) is 3.66. The number of benzene rings is 3. The molecule has 0 radical (unpaired) electrons. The molecular formula is C33H29Br3O7. The normalized spacial score (nSPS) is 20.7. The Labute approximate surface area is 275 Å². The Morgan fingerprint density at radius 1 is 0.674 bits per heavy atom. The van der Waals surface area contributed by atoms with Crippen LogP contribution in [0.3, 0.4) is 0 Å². The van der Waals surface area contributed by atoms with Crippen molar-refractivity contribution in [1.82, 2.24) is 0 Å². The predicted molar refractivity (Wildman–Crippen MR) is 171 cm³/mol. The van der Waals surface area contributed by atoms with Crippen LogP contribution in [0.15, 0.2) is 80.7 Å². The standard InChI is InChI=1S/C13H13BrO2.C12H11BrO2.C8H5BrO3/c14-9-4-5-10-11(7-9)13(15)16-12(10)6-3-8-1-2-8;1-2-3-4-11-9-6-5-8(13)7-10(9)12(14)15-11;9-4-1-2-5-6(3-4)8(11)12-7(5)10/h4-5,7-8,12H,1-3,6H2;2,5-7,11H,1,3-4H2;1-3,7,10H. The van der Waals surface area contributed by atoms with E-state index in [0.717, 1.165) is 55.3 Å². The molecule has 3 aliphatic heterocycles. The van der Waals surface area contributed by atoms with Gasteiger partial charge in [0.25, 0.3) is 0 Å². The molecule has 224 valence electrons. The molecule has 0 bridgehead atoms. The molecule has 0 aromatic heterocycles. The average Bonchev–Trinajstić information content (AvgIpc) is 3.62. The summed E-state index contributed by atoms with van der Waals surface area (Å²) in [5, 5.41) is 9.18. The first-order valence-corrected chi connectivity index (χ1v) is 16.3. The van der Waals surface area contributed by atoms with Crippen molar-refractivity contribution in [3.05, 3.63) is 114 Å². The van der Waals surface area contributed by atoms with E-state index in [9.17, 15) is 19.5 Å². The Balaban J connectivity index is 0.000000130. The van der Waals surface area contributed by atoms with Gasteiger partial charge in [-0.05, 0) is 68.0 Å². The number of allylic oxidation sites excluding steroid dienone is 1. The van der Waals surface area contributed by atoms with Crippen LogP contribution >= 0.6 is 47.8 Å². The van der Waals surface area contributed by atoms with E-state index in [4.69, 9.17) is 9.47 Å². The summed E-state index contributed by atoms with van der Waals surface area (Å²) in [6.07, 6.45) is 7.18. The van der Waals surface area contributed by atoms with Crippen LogP contribution in [0.5, 0.6) is 0 Å². The van der Waals surface area contributed by atoms with Crippen LogP contribution in [0.2, 0.25) is 0 Å². The van der Waals surface area contributed by atoms with Crippen LogP contribution in [0, 0.1) is 5.92 Å². The van der Waals surface area contributed by atoms with Crippen LogP contribution in [-0.2, 0) is 14.2 Å². The van der Waals surface area contributed by atoms with E-state index >= 15 is 0 Å². The Bertz CT molecular complexity index is 1570. The van der Waals surface area contributed by atoms with E-state index in [2.05, 4.69) is 59.1 Å². The molecular weight excluding hydrogens is 748 g/mol. The first-order valence-electron chi connectivity index (χ1n) is 13.9. The number of aliphatic hydroxyl groups excluding tert-OH is 1. The van der Waals surface area contributed by atoms with Crippen molar-refractivity contribution in [3.63, 3.8) is 0 Å². The number of aliphatic hydroxyl groups is 1. The third-order valence-electron chi connectivity index (χ3n) is 7.55. The Hall–Kier alpha value is -2.79. The minimum absolute atomic E-state index is 0.00352. The van der Waals surface area contributed by atoms with Crippen LogP contribution in [0.1, 0.15) is 105 Å². The lowest BCUT2D eigenvalue weighted by Gasteiger charge is -2.09. The van der Waals surface area contributed by atoms with Crippen molar-refractivity contribution in [3.8, 4) is 0 Å². The molecule has 3 aromatic rings. The van der Waals surface area contributed by atoms with E-state index < -0.39 is 12.3 Å². The van der Waals surface area contributed by atoms with Gasteiger partial charge in [-0.15, -0.1) is 6.58 Å². The molecule has 1 saturated carbocycles. The van der Waals surface area contributed by atoms with Gasteiger partial charge in [0, 0.05) is 30.1 Å².